The maximum Gasteiger partial charge on any atom is 0.407 e. The molecule has 1 aliphatic rings. The van der Waals surface area contributed by atoms with Crippen molar-refractivity contribution in [2.24, 2.45) is 0 Å². The number of carbonyl (C=O) groups excluding carboxylic acids is 2. The Morgan fingerprint density at radius 2 is 1.65 bits per heavy atom. The number of amides is 2. The number of hydrogen-bond acceptors (Lipinski definition) is 8. The van der Waals surface area contributed by atoms with Crippen LogP contribution in [0.25, 0.3) is 11.1 Å². The zero-order valence-electron chi connectivity index (χ0n) is 30.2. The van der Waals surface area contributed by atoms with E-state index in [1.54, 1.807) is 20.1 Å². The Bertz CT molecular complexity index is 1640. The van der Waals surface area contributed by atoms with Crippen LogP contribution in [-0.4, -0.2) is 68.6 Å². The van der Waals surface area contributed by atoms with Crippen molar-refractivity contribution in [3.05, 3.63) is 75.2 Å². The maximum absolute atomic E-state index is 13.9. The van der Waals surface area contributed by atoms with Crippen molar-refractivity contribution in [2.75, 3.05) is 38.9 Å². The number of rotatable bonds is 13. The topological polar surface area (TPSA) is 131 Å². The molecule has 0 saturated heterocycles. The summed E-state index contributed by atoms with van der Waals surface area (Å²) in [5, 5.41) is 6.01. The summed E-state index contributed by atoms with van der Waals surface area (Å²) in [7, 11) is 3.14. The molecule has 0 atom stereocenters. The van der Waals surface area contributed by atoms with Crippen LogP contribution in [-0.2, 0) is 16.0 Å². The Labute approximate surface area is 289 Å². The first-order chi connectivity index (χ1) is 23.3. The molecule has 1 fully saturated rings. The van der Waals surface area contributed by atoms with Crippen molar-refractivity contribution < 1.29 is 28.5 Å². The van der Waals surface area contributed by atoms with Crippen molar-refractivity contribution in [3.8, 4) is 22.6 Å². The fourth-order valence-corrected chi connectivity index (χ4v) is 6.32. The minimum Gasteiger partial charge on any atom is -0.496 e. The number of H-pyrrole nitrogens is 1. The molecule has 0 radical (unpaired) electrons. The number of hydrogen-bond donors (Lipinski definition) is 3. The predicted octanol–water partition coefficient (Wildman–Crippen LogP) is 6.28. The smallest absolute Gasteiger partial charge is 0.407 e. The normalized spacial score (nSPS) is 16.1. The molecule has 11 heteroatoms. The van der Waals surface area contributed by atoms with E-state index in [0.29, 0.717) is 35.8 Å². The van der Waals surface area contributed by atoms with Crippen LogP contribution in [0.5, 0.6) is 11.5 Å². The molecule has 0 aliphatic heterocycles. The van der Waals surface area contributed by atoms with Gasteiger partial charge in [0.1, 0.15) is 23.7 Å². The quantitative estimate of drug-likeness (QED) is 0.180. The van der Waals surface area contributed by atoms with Crippen LogP contribution in [0, 0.1) is 13.8 Å². The zero-order valence-corrected chi connectivity index (χ0v) is 30.2. The van der Waals surface area contributed by atoms with E-state index in [1.165, 1.54) is 7.11 Å². The number of anilines is 1. The predicted molar refractivity (Wildman–Crippen MR) is 192 cm³/mol. The Morgan fingerprint density at radius 3 is 2.27 bits per heavy atom. The number of carbonyl (C=O) groups is 2. The van der Waals surface area contributed by atoms with E-state index >= 15 is 0 Å². The molecule has 49 heavy (non-hydrogen) atoms. The fourth-order valence-electron chi connectivity index (χ4n) is 6.32. The Hall–Kier alpha value is -4.51. The van der Waals surface area contributed by atoms with Crippen molar-refractivity contribution in [1.29, 1.82) is 0 Å². The summed E-state index contributed by atoms with van der Waals surface area (Å²) in [6.45, 7) is 13.1. The van der Waals surface area contributed by atoms with E-state index in [-0.39, 0.29) is 36.2 Å². The van der Waals surface area contributed by atoms with Crippen molar-refractivity contribution in [2.45, 2.75) is 91.5 Å². The molecule has 4 rings (SSSR count). The van der Waals surface area contributed by atoms with Crippen molar-refractivity contribution in [1.82, 2.24) is 15.6 Å². The highest BCUT2D eigenvalue weighted by Gasteiger charge is 2.29. The molecule has 1 heterocycles. The maximum atomic E-state index is 13.9. The van der Waals surface area contributed by atoms with Gasteiger partial charge >= 0.3 is 6.09 Å². The van der Waals surface area contributed by atoms with E-state index in [4.69, 9.17) is 18.9 Å². The molecule has 2 amide bonds. The average Bonchev–Trinajstić information content (AvgIpc) is 3.05. The van der Waals surface area contributed by atoms with E-state index < -0.39 is 5.60 Å². The Kier molecular flexibility index (Phi) is 12.7. The van der Waals surface area contributed by atoms with Gasteiger partial charge in [-0.15, -0.1) is 0 Å². The molecule has 11 nitrogen and oxygen atoms in total. The summed E-state index contributed by atoms with van der Waals surface area (Å²) in [6.07, 6.45) is 3.02. The van der Waals surface area contributed by atoms with Crippen LogP contribution in [0.1, 0.15) is 80.6 Å². The second kappa shape index (κ2) is 16.7. The molecule has 0 unspecified atom stereocenters. The first-order valence-electron chi connectivity index (χ1n) is 17.0. The van der Waals surface area contributed by atoms with Crippen molar-refractivity contribution in [3.63, 3.8) is 0 Å². The van der Waals surface area contributed by atoms with Crippen LogP contribution >= 0.6 is 0 Å². The van der Waals surface area contributed by atoms with Gasteiger partial charge in [0, 0.05) is 42.7 Å². The van der Waals surface area contributed by atoms with Gasteiger partial charge in [-0.05, 0) is 114 Å². The molecule has 2 aromatic carbocycles. The number of methoxy groups -OCH3 is 2. The minimum absolute atomic E-state index is 0.0102. The SMILES string of the molecule is CCN(c1cc(-c2ccc(OCCOC)cc2)cc(C(=O)NCc2c(OC)cc(C)[nH]c2=O)c1C)[C@H]1CC[C@H](NC(=O)OC(C)(C)C)CC1. The first-order valence-corrected chi connectivity index (χ1v) is 17.0. The number of aromatic amines is 1. The molecule has 0 bridgehead atoms. The number of alkyl carbamates (subject to hydrolysis) is 1. The van der Waals surface area contributed by atoms with Gasteiger partial charge in [-0.3, -0.25) is 9.59 Å². The van der Waals surface area contributed by atoms with E-state index in [9.17, 15) is 14.4 Å². The first kappa shape index (κ1) is 37.3. The van der Waals surface area contributed by atoms with Gasteiger partial charge in [-0.1, -0.05) is 12.1 Å². The summed E-state index contributed by atoms with van der Waals surface area (Å²) < 4.78 is 21.8. The third-order valence-corrected chi connectivity index (χ3v) is 8.75. The second-order valence-corrected chi connectivity index (χ2v) is 13.5. The van der Waals surface area contributed by atoms with Gasteiger partial charge in [0.05, 0.1) is 25.8 Å². The number of nitrogens with one attached hydrogen (secondary N) is 3. The number of benzene rings is 2. The summed E-state index contributed by atoms with van der Waals surface area (Å²) >= 11 is 0. The lowest BCUT2D eigenvalue weighted by molar-refractivity contribution is 0.0491. The van der Waals surface area contributed by atoms with E-state index in [0.717, 1.165) is 60.4 Å². The average molecular weight is 677 g/mol. The van der Waals surface area contributed by atoms with E-state index in [1.807, 2.05) is 58.0 Å². The molecular formula is C38H52N4O7. The lowest BCUT2D eigenvalue weighted by Gasteiger charge is -2.39. The fraction of sp³-hybridized carbons (Fsp3) is 0.500. The molecule has 0 spiro atoms. The number of aryl methyl sites for hydroxylation is 1. The monoisotopic (exact) mass is 676 g/mol. The Balaban J connectivity index is 1.63. The minimum atomic E-state index is -0.549. The van der Waals surface area contributed by atoms with Gasteiger partial charge in [-0.25, -0.2) is 4.79 Å². The lowest BCUT2D eigenvalue weighted by atomic mass is 9.88. The molecular weight excluding hydrogens is 624 g/mol. The summed E-state index contributed by atoms with van der Waals surface area (Å²) in [5.74, 6) is 0.869. The number of pyridine rings is 1. The summed E-state index contributed by atoms with van der Waals surface area (Å²) in [4.78, 5) is 44.2. The van der Waals surface area contributed by atoms with Gasteiger partial charge in [0.2, 0.25) is 0 Å². The van der Waals surface area contributed by atoms with Crippen LogP contribution < -0.4 is 30.6 Å². The van der Waals surface area contributed by atoms with Gasteiger partial charge in [0.25, 0.3) is 11.5 Å². The largest absolute Gasteiger partial charge is 0.496 e. The third kappa shape index (κ3) is 10.0. The highest BCUT2D eigenvalue weighted by molar-refractivity contribution is 5.99. The van der Waals surface area contributed by atoms with Gasteiger partial charge < -0.3 is 39.5 Å². The van der Waals surface area contributed by atoms with Crippen LogP contribution in [0.15, 0.2) is 47.3 Å². The molecule has 1 aromatic heterocycles. The lowest BCUT2D eigenvalue weighted by Crippen LogP contribution is -2.45. The van der Waals surface area contributed by atoms with Crippen LogP contribution in [0.4, 0.5) is 10.5 Å². The van der Waals surface area contributed by atoms with Gasteiger partial charge in [0.15, 0.2) is 0 Å². The third-order valence-electron chi connectivity index (χ3n) is 8.75. The molecule has 3 aromatic rings. The number of aromatic nitrogens is 1. The molecule has 1 aliphatic carbocycles. The van der Waals surface area contributed by atoms with Crippen LogP contribution in [0.2, 0.25) is 0 Å². The number of nitrogens with zero attached hydrogens (tertiary/aromatic N) is 1. The highest BCUT2D eigenvalue weighted by Crippen LogP contribution is 2.36. The molecule has 1 saturated carbocycles. The Morgan fingerprint density at radius 1 is 0.959 bits per heavy atom. The molecule has 3 N–H and O–H groups in total. The molecule has 266 valence electrons. The number of ether oxygens (including phenoxy) is 4. The highest BCUT2D eigenvalue weighted by atomic mass is 16.6. The summed E-state index contributed by atoms with van der Waals surface area (Å²) in [5.41, 5.74) is 4.35. The zero-order chi connectivity index (χ0) is 35.7. The van der Waals surface area contributed by atoms with Gasteiger partial charge in [-0.2, -0.15) is 0 Å². The van der Waals surface area contributed by atoms with Crippen molar-refractivity contribution >= 4 is 17.7 Å². The second-order valence-electron chi connectivity index (χ2n) is 13.5. The standard InChI is InChI=1S/C38H52N4O7/c1-9-42(29-14-12-28(13-15-29)41-37(45)49-38(4,5)6)33-22-27(26-10-16-30(17-11-26)48-19-18-46-7)21-31(25(33)3)35(43)39-23-32-34(47-8)20-24(2)40-36(32)44/h10-11,16-17,20-22,28-29H,9,12-15,18-19,23H2,1-8H3,(H,39,43)(H,40,44)(H,41,45)/t28-,29-. The van der Waals surface area contributed by atoms with Crippen LogP contribution in [0.3, 0.4) is 0 Å². The summed E-state index contributed by atoms with van der Waals surface area (Å²) in [6, 6.07) is 13.9. The van der Waals surface area contributed by atoms with E-state index in [2.05, 4.69) is 33.5 Å².